The van der Waals surface area contributed by atoms with Crippen LogP contribution in [-0.2, 0) is 9.59 Å². The largest absolute Gasteiger partial charge is 0.481 e. The van der Waals surface area contributed by atoms with Crippen LogP contribution in [0.25, 0.3) is 0 Å². The number of likely N-dealkylation sites (tertiary alicyclic amines) is 1. The summed E-state index contributed by atoms with van der Waals surface area (Å²) in [6, 6.07) is 7.05. The van der Waals surface area contributed by atoms with E-state index in [1.54, 1.807) is 31.2 Å². The van der Waals surface area contributed by atoms with Gasteiger partial charge in [-0.25, -0.2) is 0 Å². The van der Waals surface area contributed by atoms with E-state index in [1.807, 2.05) is 4.90 Å². The fourth-order valence-electron chi connectivity index (χ4n) is 2.62. The first kappa shape index (κ1) is 16.3. The van der Waals surface area contributed by atoms with Crippen LogP contribution in [0.3, 0.4) is 0 Å². The number of rotatable bonds is 4. The molecule has 0 aromatic heterocycles. The molecule has 2 rings (SSSR count). The topological polar surface area (TPSA) is 58.6 Å². The molecule has 1 heterocycles. The van der Waals surface area contributed by atoms with Gasteiger partial charge in [-0.15, -0.1) is 0 Å². The van der Waals surface area contributed by atoms with Gasteiger partial charge in [0.15, 0.2) is 6.10 Å². The summed E-state index contributed by atoms with van der Waals surface area (Å²) in [7, 11) is 0. The van der Waals surface area contributed by atoms with Crippen LogP contribution in [0.4, 0.5) is 5.69 Å². The maximum atomic E-state index is 12.4. The first-order valence-corrected chi connectivity index (χ1v) is 7.89. The molecular formula is C17H24N2O3. The molecule has 1 aliphatic rings. The van der Waals surface area contributed by atoms with Crippen LogP contribution >= 0.6 is 0 Å². The molecule has 22 heavy (non-hydrogen) atoms. The van der Waals surface area contributed by atoms with Crippen LogP contribution in [-0.4, -0.2) is 35.9 Å². The molecule has 1 atom stereocenters. The molecule has 0 aliphatic carbocycles. The second-order valence-corrected chi connectivity index (χ2v) is 5.71. The molecule has 0 radical (unpaired) electrons. The molecule has 2 amide bonds. The van der Waals surface area contributed by atoms with Crippen molar-refractivity contribution < 1.29 is 14.3 Å². The van der Waals surface area contributed by atoms with E-state index in [4.69, 9.17) is 4.74 Å². The van der Waals surface area contributed by atoms with Crippen molar-refractivity contribution in [3.63, 3.8) is 0 Å². The van der Waals surface area contributed by atoms with E-state index in [1.165, 1.54) is 19.8 Å². The molecular weight excluding hydrogens is 280 g/mol. The Bertz CT molecular complexity index is 505. The number of benzene rings is 1. The van der Waals surface area contributed by atoms with Gasteiger partial charge in [0.25, 0.3) is 5.91 Å². The summed E-state index contributed by atoms with van der Waals surface area (Å²) in [5.74, 6) is 0.566. The minimum absolute atomic E-state index is 0.0489. The summed E-state index contributed by atoms with van der Waals surface area (Å²) in [6.45, 7) is 4.91. The Hall–Kier alpha value is -2.04. The first-order valence-electron chi connectivity index (χ1n) is 7.89. The fraction of sp³-hybridized carbons (Fsp3) is 0.529. The second kappa shape index (κ2) is 7.82. The molecule has 1 fully saturated rings. The van der Waals surface area contributed by atoms with Crippen LogP contribution < -0.4 is 10.1 Å². The van der Waals surface area contributed by atoms with E-state index in [0.29, 0.717) is 11.4 Å². The highest BCUT2D eigenvalue weighted by Gasteiger charge is 2.22. The van der Waals surface area contributed by atoms with Gasteiger partial charge >= 0.3 is 0 Å². The number of hydrogen-bond donors (Lipinski definition) is 1. The lowest BCUT2D eigenvalue weighted by molar-refractivity contribution is -0.137. The van der Waals surface area contributed by atoms with Crippen molar-refractivity contribution in [3.05, 3.63) is 24.3 Å². The van der Waals surface area contributed by atoms with E-state index in [-0.39, 0.29) is 11.8 Å². The minimum atomic E-state index is -0.496. The Labute approximate surface area is 131 Å². The lowest BCUT2D eigenvalue weighted by atomic mass is 10.2. The summed E-state index contributed by atoms with van der Waals surface area (Å²) in [4.78, 5) is 25.3. The summed E-state index contributed by atoms with van der Waals surface area (Å²) in [5.41, 5.74) is 0.714. The number of carbonyl (C=O) groups excluding carboxylic acids is 2. The number of nitrogens with one attached hydrogen (secondary N) is 1. The average molecular weight is 304 g/mol. The van der Waals surface area contributed by atoms with Crippen LogP contribution in [0.15, 0.2) is 24.3 Å². The van der Waals surface area contributed by atoms with Crippen molar-refractivity contribution in [1.29, 1.82) is 0 Å². The monoisotopic (exact) mass is 304 g/mol. The molecule has 1 aliphatic heterocycles. The van der Waals surface area contributed by atoms with Crippen molar-refractivity contribution in [1.82, 2.24) is 4.90 Å². The Balaban J connectivity index is 1.91. The number of amides is 2. The Kier molecular flexibility index (Phi) is 5.81. The molecule has 1 N–H and O–H groups in total. The van der Waals surface area contributed by atoms with Gasteiger partial charge in [0, 0.05) is 25.7 Å². The van der Waals surface area contributed by atoms with Gasteiger partial charge in [-0.3, -0.25) is 9.59 Å². The predicted molar refractivity (Wildman–Crippen MR) is 85.9 cm³/mol. The van der Waals surface area contributed by atoms with E-state index in [0.717, 1.165) is 25.9 Å². The summed E-state index contributed by atoms with van der Waals surface area (Å²) in [6.07, 6.45) is 4.05. The zero-order valence-corrected chi connectivity index (χ0v) is 13.3. The molecule has 0 unspecified atom stereocenters. The van der Waals surface area contributed by atoms with E-state index in [9.17, 15) is 9.59 Å². The molecule has 1 aromatic rings. The third-order valence-corrected chi connectivity index (χ3v) is 3.75. The number of ether oxygens (including phenoxy) is 1. The van der Waals surface area contributed by atoms with E-state index < -0.39 is 6.10 Å². The second-order valence-electron chi connectivity index (χ2n) is 5.71. The Morgan fingerprint density at radius 3 is 2.23 bits per heavy atom. The number of carbonyl (C=O) groups is 2. The van der Waals surface area contributed by atoms with Crippen molar-refractivity contribution in [2.24, 2.45) is 0 Å². The summed E-state index contributed by atoms with van der Waals surface area (Å²) >= 11 is 0. The van der Waals surface area contributed by atoms with Gasteiger partial charge in [-0.2, -0.15) is 0 Å². The van der Waals surface area contributed by atoms with Gasteiger partial charge in [0.1, 0.15) is 5.75 Å². The lowest BCUT2D eigenvalue weighted by Gasteiger charge is -2.24. The first-order chi connectivity index (χ1) is 10.6. The molecule has 0 bridgehead atoms. The summed E-state index contributed by atoms with van der Waals surface area (Å²) < 4.78 is 5.73. The van der Waals surface area contributed by atoms with Gasteiger partial charge in [0.05, 0.1) is 0 Å². The molecule has 0 spiro atoms. The normalized spacial score (nSPS) is 16.5. The Morgan fingerprint density at radius 1 is 1.09 bits per heavy atom. The third-order valence-electron chi connectivity index (χ3n) is 3.75. The average Bonchev–Trinajstić information content (AvgIpc) is 2.77. The third kappa shape index (κ3) is 4.76. The highest BCUT2D eigenvalue weighted by Crippen LogP contribution is 2.18. The predicted octanol–water partition coefficient (Wildman–Crippen LogP) is 2.81. The number of nitrogens with zero attached hydrogens (tertiary/aromatic N) is 1. The van der Waals surface area contributed by atoms with Crippen LogP contribution in [0.2, 0.25) is 0 Å². The van der Waals surface area contributed by atoms with Gasteiger partial charge in [0.2, 0.25) is 5.91 Å². The van der Waals surface area contributed by atoms with Gasteiger partial charge < -0.3 is 15.0 Å². The summed E-state index contributed by atoms with van der Waals surface area (Å²) in [5, 5.41) is 2.70. The maximum absolute atomic E-state index is 12.4. The lowest BCUT2D eigenvalue weighted by Crippen LogP contribution is -2.40. The highest BCUT2D eigenvalue weighted by molar-refractivity contribution is 5.88. The van der Waals surface area contributed by atoms with Crippen LogP contribution in [0.1, 0.15) is 39.5 Å². The number of hydrogen-bond acceptors (Lipinski definition) is 3. The van der Waals surface area contributed by atoms with Crippen molar-refractivity contribution >= 4 is 17.5 Å². The zero-order chi connectivity index (χ0) is 15.9. The molecule has 1 saturated heterocycles. The zero-order valence-electron chi connectivity index (χ0n) is 13.3. The molecule has 0 saturated carbocycles. The van der Waals surface area contributed by atoms with Crippen molar-refractivity contribution in [2.45, 2.75) is 45.6 Å². The van der Waals surface area contributed by atoms with Crippen LogP contribution in [0, 0.1) is 0 Å². The SMILES string of the molecule is CC(=O)Nc1ccc(O[C@H](C)C(=O)N2CCCCCC2)cc1. The molecule has 1 aromatic carbocycles. The maximum Gasteiger partial charge on any atom is 0.263 e. The Morgan fingerprint density at radius 2 is 1.68 bits per heavy atom. The number of anilines is 1. The molecule has 5 nitrogen and oxygen atoms in total. The van der Waals surface area contributed by atoms with Crippen molar-refractivity contribution in [3.8, 4) is 5.75 Å². The smallest absolute Gasteiger partial charge is 0.263 e. The van der Waals surface area contributed by atoms with Gasteiger partial charge in [-0.1, -0.05) is 12.8 Å². The van der Waals surface area contributed by atoms with Crippen molar-refractivity contribution in [2.75, 3.05) is 18.4 Å². The minimum Gasteiger partial charge on any atom is -0.481 e. The van der Waals surface area contributed by atoms with Crippen LogP contribution in [0.5, 0.6) is 5.75 Å². The molecule has 120 valence electrons. The standard InChI is InChI=1S/C17H24N2O3/c1-13(17(21)19-11-5-3-4-6-12-19)22-16-9-7-15(8-10-16)18-14(2)20/h7-10,13H,3-6,11-12H2,1-2H3,(H,18,20)/t13-/m1/s1. The fourth-order valence-corrected chi connectivity index (χ4v) is 2.62. The quantitative estimate of drug-likeness (QED) is 0.930. The van der Waals surface area contributed by atoms with E-state index >= 15 is 0 Å². The molecule has 5 heteroatoms. The van der Waals surface area contributed by atoms with Gasteiger partial charge in [-0.05, 0) is 44.0 Å². The van der Waals surface area contributed by atoms with E-state index in [2.05, 4.69) is 5.32 Å². The highest BCUT2D eigenvalue weighted by atomic mass is 16.5.